The number of fused-ring (bicyclic) bond motifs is 3. The van der Waals surface area contributed by atoms with Crippen molar-refractivity contribution in [2.75, 3.05) is 11.4 Å². The lowest BCUT2D eigenvalue weighted by Crippen LogP contribution is -2.30. The monoisotopic (exact) mass is 375 g/mol. The Balaban J connectivity index is 1.88. The van der Waals surface area contributed by atoms with E-state index in [1.54, 1.807) is 23.1 Å². The molecule has 0 saturated heterocycles. The predicted molar refractivity (Wildman–Crippen MR) is 111 cm³/mol. The van der Waals surface area contributed by atoms with Gasteiger partial charge in [0.25, 0.3) is 5.91 Å². The summed E-state index contributed by atoms with van der Waals surface area (Å²) < 4.78 is 6.20. The van der Waals surface area contributed by atoms with E-state index in [9.17, 15) is 9.59 Å². The van der Waals surface area contributed by atoms with E-state index in [0.717, 1.165) is 21.3 Å². The Labute approximate surface area is 160 Å². The van der Waals surface area contributed by atoms with Gasteiger partial charge in [-0.3, -0.25) is 4.79 Å². The SMILES string of the molecule is C=CCN(C(=O)c1cc2c(=O)oc3ccc(C)cc3c2s1)c1ccccc1. The van der Waals surface area contributed by atoms with Gasteiger partial charge in [0.1, 0.15) is 5.58 Å². The molecule has 0 radical (unpaired) electrons. The summed E-state index contributed by atoms with van der Waals surface area (Å²) in [7, 11) is 0. The molecule has 0 unspecified atom stereocenters. The maximum absolute atomic E-state index is 13.2. The van der Waals surface area contributed by atoms with Gasteiger partial charge in [0.05, 0.1) is 15.0 Å². The number of hydrogen-bond acceptors (Lipinski definition) is 4. The highest BCUT2D eigenvalue weighted by atomic mass is 32.1. The first-order valence-electron chi connectivity index (χ1n) is 8.53. The Hall–Kier alpha value is -3.18. The Bertz CT molecular complexity index is 1220. The zero-order valence-corrected chi connectivity index (χ0v) is 15.6. The molecule has 0 atom stereocenters. The fraction of sp³-hybridized carbons (Fsp3) is 0.0909. The normalized spacial score (nSPS) is 11.0. The summed E-state index contributed by atoms with van der Waals surface area (Å²) in [4.78, 5) is 27.7. The molecule has 0 aliphatic carbocycles. The standard InChI is InChI=1S/C22H17NO3S/c1-3-11-23(15-7-5-4-6-8-15)21(24)19-13-17-20(27-19)16-12-14(2)9-10-18(16)26-22(17)25/h3-10,12-13H,1,11H2,2H3. The Kier molecular flexibility index (Phi) is 4.38. The number of aryl methyl sites for hydroxylation is 1. The van der Waals surface area contributed by atoms with Gasteiger partial charge in [-0.25, -0.2) is 4.79 Å². The van der Waals surface area contributed by atoms with Gasteiger partial charge in [0.15, 0.2) is 0 Å². The van der Waals surface area contributed by atoms with E-state index in [0.29, 0.717) is 22.4 Å². The molecule has 0 aliphatic heterocycles. The molecule has 2 aromatic carbocycles. The average Bonchev–Trinajstić information content (AvgIpc) is 3.13. The second-order valence-electron chi connectivity index (χ2n) is 6.28. The van der Waals surface area contributed by atoms with Crippen molar-refractivity contribution in [1.82, 2.24) is 0 Å². The van der Waals surface area contributed by atoms with Gasteiger partial charge < -0.3 is 9.32 Å². The smallest absolute Gasteiger partial charge is 0.345 e. The average molecular weight is 375 g/mol. The number of amides is 1. The summed E-state index contributed by atoms with van der Waals surface area (Å²) in [6.07, 6.45) is 1.69. The molecule has 27 heavy (non-hydrogen) atoms. The third kappa shape index (κ3) is 3.06. The largest absolute Gasteiger partial charge is 0.422 e. The Morgan fingerprint density at radius 2 is 1.93 bits per heavy atom. The first-order valence-corrected chi connectivity index (χ1v) is 9.35. The van der Waals surface area contributed by atoms with E-state index in [1.165, 1.54) is 11.3 Å². The molecule has 4 aromatic rings. The van der Waals surface area contributed by atoms with E-state index in [4.69, 9.17) is 4.42 Å². The lowest BCUT2D eigenvalue weighted by atomic mass is 10.1. The van der Waals surface area contributed by atoms with Crippen LogP contribution in [0.3, 0.4) is 0 Å². The minimum Gasteiger partial charge on any atom is -0.422 e. The number of thiophene rings is 1. The summed E-state index contributed by atoms with van der Waals surface area (Å²) in [6, 6.07) is 16.7. The summed E-state index contributed by atoms with van der Waals surface area (Å²) in [5, 5.41) is 1.29. The molecule has 5 heteroatoms. The molecule has 0 aliphatic rings. The highest BCUT2D eigenvalue weighted by Crippen LogP contribution is 2.32. The maximum Gasteiger partial charge on any atom is 0.345 e. The third-order valence-corrected chi connectivity index (χ3v) is 5.53. The van der Waals surface area contributed by atoms with E-state index in [1.807, 2.05) is 49.4 Å². The number of benzene rings is 2. The molecule has 0 fully saturated rings. The van der Waals surface area contributed by atoms with Gasteiger partial charge in [-0.1, -0.05) is 35.9 Å². The van der Waals surface area contributed by atoms with Gasteiger partial charge in [0, 0.05) is 17.6 Å². The Morgan fingerprint density at radius 3 is 2.67 bits per heavy atom. The first-order chi connectivity index (χ1) is 13.1. The van der Waals surface area contributed by atoms with Crippen molar-refractivity contribution in [1.29, 1.82) is 0 Å². The molecule has 0 spiro atoms. The molecular formula is C22H17NO3S. The van der Waals surface area contributed by atoms with Crippen LogP contribution in [0.15, 0.2) is 76.5 Å². The molecule has 4 rings (SSSR count). The highest BCUT2D eigenvalue weighted by Gasteiger charge is 2.21. The molecule has 2 aromatic heterocycles. The topological polar surface area (TPSA) is 50.5 Å². The van der Waals surface area contributed by atoms with Gasteiger partial charge in [0.2, 0.25) is 0 Å². The zero-order chi connectivity index (χ0) is 19.0. The van der Waals surface area contributed by atoms with Gasteiger partial charge in [-0.15, -0.1) is 17.9 Å². The van der Waals surface area contributed by atoms with Crippen molar-refractivity contribution >= 4 is 44.0 Å². The number of carbonyl (C=O) groups excluding carboxylic acids is 1. The van der Waals surface area contributed by atoms with Crippen LogP contribution in [0.4, 0.5) is 5.69 Å². The van der Waals surface area contributed by atoms with Gasteiger partial charge in [-0.05, 0) is 37.3 Å². The Morgan fingerprint density at radius 1 is 1.15 bits per heavy atom. The van der Waals surface area contributed by atoms with Crippen LogP contribution in [0.1, 0.15) is 15.2 Å². The molecule has 0 saturated carbocycles. The predicted octanol–water partition coefficient (Wildman–Crippen LogP) is 5.15. The summed E-state index contributed by atoms with van der Waals surface area (Å²) >= 11 is 1.32. The fourth-order valence-corrected chi connectivity index (χ4v) is 4.20. The second-order valence-corrected chi connectivity index (χ2v) is 7.33. The number of rotatable bonds is 4. The van der Waals surface area contributed by atoms with E-state index in [-0.39, 0.29) is 5.91 Å². The van der Waals surface area contributed by atoms with Crippen LogP contribution in [0.5, 0.6) is 0 Å². The second kappa shape index (κ2) is 6.85. The number of nitrogens with zero attached hydrogens (tertiary/aromatic N) is 1. The summed E-state index contributed by atoms with van der Waals surface area (Å²) in [5.41, 5.74) is 1.96. The lowest BCUT2D eigenvalue weighted by molar-refractivity contribution is 0.0993. The van der Waals surface area contributed by atoms with Crippen LogP contribution < -0.4 is 10.5 Å². The van der Waals surface area contributed by atoms with Gasteiger partial charge >= 0.3 is 5.63 Å². The third-order valence-electron chi connectivity index (χ3n) is 4.37. The molecule has 1 amide bonds. The summed E-state index contributed by atoms with van der Waals surface area (Å²) in [6.45, 7) is 6.12. The molecule has 0 bridgehead atoms. The lowest BCUT2D eigenvalue weighted by Gasteiger charge is -2.20. The van der Waals surface area contributed by atoms with Crippen molar-refractivity contribution < 1.29 is 9.21 Å². The van der Waals surface area contributed by atoms with E-state index in [2.05, 4.69) is 6.58 Å². The molecule has 4 nitrogen and oxygen atoms in total. The van der Waals surface area contributed by atoms with E-state index < -0.39 is 5.63 Å². The molecule has 2 heterocycles. The first kappa shape index (κ1) is 17.2. The maximum atomic E-state index is 13.2. The summed E-state index contributed by atoms with van der Waals surface area (Å²) in [5.74, 6) is -0.164. The van der Waals surface area contributed by atoms with Crippen molar-refractivity contribution in [3.05, 3.63) is 88.1 Å². The van der Waals surface area contributed by atoms with Crippen molar-refractivity contribution in [3.63, 3.8) is 0 Å². The van der Waals surface area contributed by atoms with Crippen molar-refractivity contribution in [2.24, 2.45) is 0 Å². The van der Waals surface area contributed by atoms with Crippen LogP contribution in [0, 0.1) is 6.92 Å². The number of carbonyl (C=O) groups is 1. The van der Waals surface area contributed by atoms with Gasteiger partial charge in [-0.2, -0.15) is 0 Å². The van der Waals surface area contributed by atoms with Crippen LogP contribution in [-0.2, 0) is 0 Å². The molecular weight excluding hydrogens is 358 g/mol. The highest BCUT2D eigenvalue weighted by molar-refractivity contribution is 7.21. The number of para-hydroxylation sites is 1. The minimum absolute atomic E-state index is 0.164. The van der Waals surface area contributed by atoms with E-state index >= 15 is 0 Å². The fourth-order valence-electron chi connectivity index (χ4n) is 3.09. The number of anilines is 1. The zero-order valence-electron chi connectivity index (χ0n) is 14.8. The minimum atomic E-state index is -0.424. The van der Waals surface area contributed by atoms with Crippen LogP contribution in [0.2, 0.25) is 0 Å². The van der Waals surface area contributed by atoms with Crippen molar-refractivity contribution in [3.8, 4) is 0 Å². The number of hydrogen-bond donors (Lipinski definition) is 0. The van der Waals surface area contributed by atoms with Crippen LogP contribution >= 0.6 is 11.3 Å². The molecule has 134 valence electrons. The molecule has 0 N–H and O–H groups in total. The van der Waals surface area contributed by atoms with Crippen LogP contribution in [-0.4, -0.2) is 12.5 Å². The van der Waals surface area contributed by atoms with Crippen LogP contribution in [0.25, 0.3) is 21.1 Å². The van der Waals surface area contributed by atoms with Crippen molar-refractivity contribution in [2.45, 2.75) is 6.92 Å². The quantitative estimate of drug-likeness (QED) is 0.366.